The van der Waals surface area contributed by atoms with Gasteiger partial charge in [-0.15, -0.1) is 0 Å². The highest BCUT2D eigenvalue weighted by atomic mass is 16.1. The normalized spacial score (nSPS) is 17.8. The van der Waals surface area contributed by atoms with Crippen LogP contribution in [0.3, 0.4) is 0 Å². The van der Waals surface area contributed by atoms with Crippen LogP contribution in [0.1, 0.15) is 48.3 Å². The Morgan fingerprint density at radius 2 is 2.21 bits per heavy atom. The predicted molar refractivity (Wildman–Crippen MR) is 93.1 cm³/mol. The molecule has 1 aliphatic rings. The molecule has 0 aromatic carbocycles. The van der Waals surface area contributed by atoms with Crippen LogP contribution >= 0.6 is 0 Å². The molecular formula is C19H24N4O. The largest absolute Gasteiger partial charge is 0.351 e. The van der Waals surface area contributed by atoms with Gasteiger partial charge in [-0.25, -0.2) is 0 Å². The second-order valence-electron chi connectivity index (χ2n) is 6.43. The van der Waals surface area contributed by atoms with Gasteiger partial charge in [0.05, 0.1) is 12.2 Å². The third-order valence-electron chi connectivity index (χ3n) is 4.47. The predicted octanol–water partition coefficient (Wildman–Crippen LogP) is 2.76. The molecular weight excluding hydrogens is 300 g/mol. The molecule has 0 radical (unpaired) electrons. The van der Waals surface area contributed by atoms with Crippen molar-refractivity contribution in [3.63, 3.8) is 0 Å². The van der Waals surface area contributed by atoms with Gasteiger partial charge in [0.1, 0.15) is 0 Å². The number of carbonyl (C=O) groups is 1. The molecule has 0 aliphatic carbocycles. The first kappa shape index (κ1) is 16.6. The first-order valence-corrected chi connectivity index (χ1v) is 8.46. The average molecular weight is 324 g/mol. The van der Waals surface area contributed by atoms with Gasteiger partial charge < -0.3 is 5.32 Å². The smallest absolute Gasteiger partial charge is 0.217 e. The minimum absolute atomic E-state index is 0.0310. The van der Waals surface area contributed by atoms with Gasteiger partial charge in [0, 0.05) is 37.6 Å². The summed E-state index contributed by atoms with van der Waals surface area (Å²) < 4.78 is 0. The zero-order chi connectivity index (χ0) is 16.9. The Balaban J connectivity index is 1.71. The van der Waals surface area contributed by atoms with Crippen molar-refractivity contribution in [2.24, 2.45) is 0 Å². The van der Waals surface area contributed by atoms with Gasteiger partial charge in [0.2, 0.25) is 5.91 Å². The van der Waals surface area contributed by atoms with Gasteiger partial charge in [-0.3, -0.25) is 19.7 Å². The van der Waals surface area contributed by atoms with Crippen LogP contribution in [0.25, 0.3) is 0 Å². The number of likely N-dealkylation sites (tertiary alicyclic amines) is 1. The second-order valence-corrected chi connectivity index (χ2v) is 6.43. The molecule has 1 N–H and O–H groups in total. The van der Waals surface area contributed by atoms with Crippen molar-refractivity contribution in [2.75, 3.05) is 6.54 Å². The fraction of sp³-hybridized carbons (Fsp3) is 0.421. The Morgan fingerprint density at radius 3 is 2.96 bits per heavy atom. The highest BCUT2D eigenvalue weighted by Crippen LogP contribution is 2.33. The standard InChI is InChI=1S/C19H24N4O/c1-14-5-6-16(11-21-14)13-23-9-3-4-19(23)17-7-8-20-18(10-17)12-22-15(2)24/h5-8,10-11,19H,3-4,9,12-13H2,1-2H3,(H,22,24). The molecule has 1 saturated heterocycles. The summed E-state index contributed by atoms with van der Waals surface area (Å²) in [5.74, 6) is -0.0310. The molecule has 2 aromatic rings. The fourth-order valence-corrected chi connectivity index (χ4v) is 3.24. The number of aromatic nitrogens is 2. The Labute approximate surface area is 143 Å². The maximum atomic E-state index is 11.1. The van der Waals surface area contributed by atoms with Crippen molar-refractivity contribution in [3.8, 4) is 0 Å². The molecule has 1 atom stereocenters. The van der Waals surface area contributed by atoms with Crippen LogP contribution in [0.2, 0.25) is 0 Å². The number of pyridine rings is 2. The molecule has 1 aliphatic heterocycles. The summed E-state index contributed by atoms with van der Waals surface area (Å²) in [5.41, 5.74) is 4.49. The summed E-state index contributed by atoms with van der Waals surface area (Å²) in [4.78, 5) is 22.3. The highest BCUT2D eigenvalue weighted by Gasteiger charge is 2.26. The number of hydrogen-bond acceptors (Lipinski definition) is 4. The number of carbonyl (C=O) groups excluding carboxylic acids is 1. The van der Waals surface area contributed by atoms with Crippen LogP contribution in [-0.2, 0) is 17.9 Å². The maximum absolute atomic E-state index is 11.1. The lowest BCUT2D eigenvalue weighted by Crippen LogP contribution is -2.23. The van der Waals surface area contributed by atoms with E-state index in [0.29, 0.717) is 12.6 Å². The van der Waals surface area contributed by atoms with E-state index in [2.05, 4.69) is 44.5 Å². The van der Waals surface area contributed by atoms with Crippen molar-refractivity contribution in [1.82, 2.24) is 20.2 Å². The van der Waals surface area contributed by atoms with Crippen LogP contribution in [0, 0.1) is 6.92 Å². The van der Waals surface area contributed by atoms with Gasteiger partial charge in [-0.2, -0.15) is 0 Å². The molecule has 0 saturated carbocycles. The second kappa shape index (κ2) is 7.53. The molecule has 5 heteroatoms. The molecule has 0 bridgehead atoms. The number of hydrogen-bond donors (Lipinski definition) is 1. The third kappa shape index (κ3) is 4.17. The van der Waals surface area contributed by atoms with E-state index >= 15 is 0 Å². The molecule has 0 spiro atoms. The number of rotatable bonds is 5. The molecule has 24 heavy (non-hydrogen) atoms. The molecule has 126 valence electrons. The van der Waals surface area contributed by atoms with Gasteiger partial charge in [0.25, 0.3) is 0 Å². The van der Waals surface area contributed by atoms with E-state index in [1.807, 2.05) is 19.3 Å². The molecule has 1 amide bonds. The summed E-state index contributed by atoms with van der Waals surface area (Å²) in [5, 5.41) is 2.81. The van der Waals surface area contributed by atoms with E-state index in [1.54, 1.807) is 0 Å². The lowest BCUT2D eigenvalue weighted by Gasteiger charge is -2.25. The minimum atomic E-state index is -0.0310. The average Bonchev–Trinajstić information content (AvgIpc) is 3.03. The van der Waals surface area contributed by atoms with Crippen molar-refractivity contribution < 1.29 is 4.79 Å². The molecule has 1 fully saturated rings. The summed E-state index contributed by atoms with van der Waals surface area (Å²) in [6, 6.07) is 8.84. The molecule has 5 nitrogen and oxygen atoms in total. The quantitative estimate of drug-likeness (QED) is 0.919. The Morgan fingerprint density at radius 1 is 1.33 bits per heavy atom. The van der Waals surface area contributed by atoms with Crippen molar-refractivity contribution in [2.45, 2.75) is 45.8 Å². The molecule has 2 aromatic heterocycles. The van der Waals surface area contributed by atoms with Gasteiger partial charge in [-0.05, 0) is 55.6 Å². The highest BCUT2D eigenvalue weighted by molar-refractivity contribution is 5.72. The third-order valence-corrected chi connectivity index (χ3v) is 4.47. The van der Waals surface area contributed by atoms with E-state index in [1.165, 1.54) is 24.5 Å². The lowest BCUT2D eigenvalue weighted by molar-refractivity contribution is -0.119. The zero-order valence-corrected chi connectivity index (χ0v) is 14.3. The minimum Gasteiger partial charge on any atom is -0.351 e. The summed E-state index contributed by atoms with van der Waals surface area (Å²) in [6.07, 6.45) is 6.17. The van der Waals surface area contributed by atoms with Crippen LogP contribution in [0.4, 0.5) is 0 Å². The first-order chi connectivity index (χ1) is 11.6. The molecule has 3 heterocycles. The maximum Gasteiger partial charge on any atom is 0.217 e. The van der Waals surface area contributed by atoms with Crippen molar-refractivity contribution in [1.29, 1.82) is 0 Å². The number of nitrogens with zero attached hydrogens (tertiary/aromatic N) is 3. The van der Waals surface area contributed by atoms with E-state index in [9.17, 15) is 4.79 Å². The first-order valence-electron chi connectivity index (χ1n) is 8.46. The van der Waals surface area contributed by atoms with Gasteiger partial charge >= 0.3 is 0 Å². The van der Waals surface area contributed by atoms with Crippen LogP contribution in [-0.4, -0.2) is 27.3 Å². The fourth-order valence-electron chi connectivity index (χ4n) is 3.24. The van der Waals surface area contributed by atoms with Crippen molar-refractivity contribution in [3.05, 3.63) is 59.2 Å². The molecule has 1 unspecified atom stereocenters. The SMILES string of the molecule is CC(=O)NCc1cc(C2CCCN2Cc2ccc(C)nc2)ccn1. The van der Waals surface area contributed by atoms with Crippen LogP contribution in [0.5, 0.6) is 0 Å². The number of aryl methyl sites for hydroxylation is 1. The monoisotopic (exact) mass is 324 g/mol. The van der Waals surface area contributed by atoms with E-state index in [-0.39, 0.29) is 5.91 Å². The van der Waals surface area contributed by atoms with E-state index in [0.717, 1.165) is 30.9 Å². The summed E-state index contributed by atoms with van der Waals surface area (Å²) in [7, 11) is 0. The van der Waals surface area contributed by atoms with E-state index in [4.69, 9.17) is 0 Å². The Kier molecular flexibility index (Phi) is 5.20. The summed E-state index contributed by atoms with van der Waals surface area (Å²) in [6.45, 7) is 6.04. The summed E-state index contributed by atoms with van der Waals surface area (Å²) >= 11 is 0. The topological polar surface area (TPSA) is 58.1 Å². The number of amides is 1. The number of nitrogens with one attached hydrogen (secondary N) is 1. The zero-order valence-electron chi connectivity index (χ0n) is 14.3. The molecule has 3 rings (SSSR count). The lowest BCUT2D eigenvalue weighted by atomic mass is 10.0. The Hall–Kier alpha value is -2.27. The Bertz CT molecular complexity index is 699. The van der Waals surface area contributed by atoms with E-state index < -0.39 is 0 Å². The van der Waals surface area contributed by atoms with Crippen LogP contribution < -0.4 is 5.32 Å². The van der Waals surface area contributed by atoms with Gasteiger partial charge in [-0.1, -0.05) is 6.07 Å². The van der Waals surface area contributed by atoms with Gasteiger partial charge in [0.15, 0.2) is 0 Å². The van der Waals surface area contributed by atoms with Crippen LogP contribution in [0.15, 0.2) is 36.7 Å². The van der Waals surface area contributed by atoms with Crippen molar-refractivity contribution >= 4 is 5.91 Å².